The highest BCUT2D eigenvalue weighted by atomic mass is 32.2. The van der Waals surface area contributed by atoms with Crippen molar-refractivity contribution in [2.75, 3.05) is 4.31 Å². The first-order chi connectivity index (χ1) is 10.5. The summed E-state index contributed by atoms with van der Waals surface area (Å²) in [6.07, 6.45) is 0. The average molecular weight is 313 g/mol. The minimum absolute atomic E-state index is 0.0747. The van der Waals surface area contributed by atoms with Crippen LogP contribution in [0.3, 0.4) is 0 Å². The van der Waals surface area contributed by atoms with E-state index in [1.54, 1.807) is 48.5 Å². The number of fused-ring (bicyclic) bond motifs is 1. The second-order valence-electron chi connectivity index (χ2n) is 4.77. The molecule has 2 aromatic carbocycles. The van der Waals surface area contributed by atoms with E-state index in [-0.39, 0.29) is 6.54 Å². The molecular weight excluding hydrogens is 302 g/mol. The lowest BCUT2D eigenvalue weighted by atomic mass is 10.1. The smallest absolute Gasteiger partial charge is 0.268 e. The molecule has 0 spiro atoms. The molecule has 0 bridgehead atoms. The fourth-order valence-corrected chi connectivity index (χ4v) is 3.45. The zero-order valence-corrected chi connectivity index (χ0v) is 12.2. The molecule has 1 heterocycles. The molecule has 1 aliphatic rings. The van der Waals surface area contributed by atoms with Crippen LogP contribution in [0.25, 0.3) is 0 Å². The predicted octanol–water partition coefficient (Wildman–Crippen LogP) is 1.55. The Morgan fingerprint density at radius 3 is 2.45 bits per heavy atom. The van der Waals surface area contributed by atoms with Gasteiger partial charge in [0.05, 0.1) is 29.4 Å². The van der Waals surface area contributed by atoms with Gasteiger partial charge in [-0.15, -0.1) is 0 Å². The van der Waals surface area contributed by atoms with Crippen LogP contribution in [0.1, 0.15) is 21.5 Å². The van der Waals surface area contributed by atoms with Crippen LogP contribution < -0.4 is 9.03 Å². The number of nitrogens with zero attached hydrogens (tertiary/aromatic N) is 2. The Hall–Kier alpha value is -2.85. The quantitative estimate of drug-likeness (QED) is 0.911. The maximum Gasteiger partial charge on any atom is 0.326 e. The monoisotopic (exact) mass is 313 g/mol. The van der Waals surface area contributed by atoms with Crippen molar-refractivity contribution in [2.24, 2.45) is 0 Å². The summed E-state index contributed by atoms with van der Waals surface area (Å²) >= 11 is 0. The molecule has 1 amide bonds. The van der Waals surface area contributed by atoms with Gasteiger partial charge in [-0.1, -0.05) is 24.3 Å². The summed E-state index contributed by atoms with van der Waals surface area (Å²) in [5, 5.41) is 8.79. The Bertz CT molecular complexity index is 883. The molecule has 110 valence electrons. The van der Waals surface area contributed by atoms with E-state index in [2.05, 4.69) is 0 Å². The summed E-state index contributed by atoms with van der Waals surface area (Å²) in [6.45, 7) is 0.0747. The van der Waals surface area contributed by atoms with Crippen molar-refractivity contribution in [1.82, 2.24) is 4.72 Å². The molecule has 0 fully saturated rings. The minimum atomic E-state index is -3.93. The highest BCUT2D eigenvalue weighted by molar-refractivity contribution is 7.91. The second kappa shape index (κ2) is 5.16. The third kappa shape index (κ3) is 2.40. The van der Waals surface area contributed by atoms with Gasteiger partial charge in [-0.2, -0.15) is 13.7 Å². The third-order valence-corrected chi connectivity index (χ3v) is 4.69. The Balaban J connectivity index is 2.02. The SMILES string of the molecule is N#Cc1ccc(CN2c3ccccc3C(=O)NS2(=O)=O)cc1. The van der Waals surface area contributed by atoms with Gasteiger partial charge in [-0.25, -0.2) is 9.03 Å². The molecule has 0 aromatic heterocycles. The molecule has 0 unspecified atom stereocenters. The number of carbonyl (C=O) groups excluding carboxylic acids is 1. The molecule has 0 saturated heterocycles. The zero-order valence-electron chi connectivity index (χ0n) is 11.4. The van der Waals surface area contributed by atoms with Crippen LogP contribution in [-0.4, -0.2) is 14.3 Å². The standard InChI is InChI=1S/C15H11N3O3S/c16-9-11-5-7-12(8-6-11)10-18-14-4-2-1-3-13(14)15(19)17-22(18,20)21/h1-8H,10H2,(H,17,19). The summed E-state index contributed by atoms with van der Waals surface area (Å²) in [7, 11) is -3.93. The topological polar surface area (TPSA) is 90.3 Å². The molecule has 0 saturated carbocycles. The van der Waals surface area contributed by atoms with E-state index in [4.69, 9.17) is 5.26 Å². The summed E-state index contributed by atoms with van der Waals surface area (Å²) in [4.78, 5) is 11.8. The largest absolute Gasteiger partial charge is 0.326 e. The van der Waals surface area contributed by atoms with Crippen LogP contribution in [0.4, 0.5) is 5.69 Å². The molecule has 0 aliphatic carbocycles. The second-order valence-corrected chi connectivity index (χ2v) is 6.36. The van der Waals surface area contributed by atoms with Gasteiger partial charge in [0, 0.05) is 0 Å². The average Bonchev–Trinajstić information content (AvgIpc) is 2.51. The number of carbonyl (C=O) groups is 1. The van der Waals surface area contributed by atoms with Crippen LogP contribution in [0.2, 0.25) is 0 Å². The van der Waals surface area contributed by atoms with Gasteiger partial charge < -0.3 is 0 Å². The molecule has 3 rings (SSSR count). The van der Waals surface area contributed by atoms with E-state index in [1.807, 2.05) is 10.8 Å². The fourth-order valence-electron chi connectivity index (χ4n) is 2.26. The maximum absolute atomic E-state index is 12.2. The van der Waals surface area contributed by atoms with Crippen LogP contribution in [0.15, 0.2) is 48.5 Å². The van der Waals surface area contributed by atoms with Gasteiger partial charge in [-0.05, 0) is 29.8 Å². The summed E-state index contributed by atoms with van der Waals surface area (Å²) in [5.74, 6) is -0.633. The van der Waals surface area contributed by atoms with E-state index in [1.165, 1.54) is 0 Å². The first-order valence-electron chi connectivity index (χ1n) is 6.44. The number of nitriles is 1. The Morgan fingerprint density at radius 2 is 1.77 bits per heavy atom. The highest BCUT2D eigenvalue weighted by Crippen LogP contribution is 2.28. The minimum Gasteiger partial charge on any atom is -0.268 e. The number of anilines is 1. The number of nitrogens with one attached hydrogen (secondary N) is 1. The zero-order chi connectivity index (χ0) is 15.7. The van der Waals surface area contributed by atoms with Crippen molar-refractivity contribution in [2.45, 2.75) is 6.54 Å². The predicted molar refractivity (Wildman–Crippen MR) is 80.2 cm³/mol. The lowest BCUT2D eigenvalue weighted by Gasteiger charge is -2.30. The third-order valence-electron chi connectivity index (χ3n) is 3.34. The molecule has 1 N–H and O–H groups in total. The molecule has 7 heteroatoms. The lowest BCUT2D eigenvalue weighted by molar-refractivity contribution is 0.0979. The molecule has 22 heavy (non-hydrogen) atoms. The number of amides is 1. The van der Waals surface area contributed by atoms with E-state index in [0.29, 0.717) is 22.4 Å². The van der Waals surface area contributed by atoms with E-state index < -0.39 is 16.1 Å². The van der Waals surface area contributed by atoms with Crippen LogP contribution >= 0.6 is 0 Å². The molecule has 2 aromatic rings. The highest BCUT2D eigenvalue weighted by Gasteiger charge is 2.33. The van der Waals surface area contributed by atoms with Crippen molar-refractivity contribution in [3.05, 3.63) is 65.2 Å². The van der Waals surface area contributed by atoms with E-state index in [0.717, 1.165) is 4.31 Å². The lowest BCUT2D eigenvalue weighted by Crippen LogP contribution is -2.48. The van der Waals surface area contributed by atoms with Crippen LogP contribution in [-0.2, 0) is 16.8 Å². The van der Waals surface area contributed by atoms with Gasteiger partial charge in [-0.3, -0.25) is 4.79 Å². The van der Waals surface area contributed by atoms with Crippen molar-refractivity contribution in [1.29, 1.82) is 5.26 Å². The molecule has 6 nitrogen and oxygen atoms in total. The van der Waals surface area contributed by atoms with E-state index >= 15 is 0 Å². The number of benzene rings is 2. The van der Waals surface area contributed by atoms with Crippen molar-refractivity contribution >= 4 is 21.8 Å². The normalized spacial score (nSPS) is 15.6. The number of rotatable bonds is 2. The van der Waals surface area contributed by atoms with Gasteiger partial charge in [0.25, 0.3) is 5.91 Å². The first kappa shape index (κ1) is 14.1. The maximum atomic E-state index is 12.2. The van der Waals surface area contributed by atoms with Crippen LogP contribution in [0, 0.1) is 11.3 Å². The van der Waals surface area contributed by atoms with Gasteiger partial charge in [0.2, 0.25) is 0 Å². The summed E-state index contributed by atoms with van der Waals surface area (Å²) in [6, 6.07) is 15.1. The van der Waals surface area contributed by atoms with Gasteiger partial charge in [0.15, 0.2) is 0 Å². The summed E-state index contributed by atoms with van der Waals surface area (Å²) < 4.78 is 27.6. The molecule has 0 radical (unpaired) electrons. The number of hydrogen-bond acceptors (Lipinski definition) is 4. The summed E-state index contributed by atoms with van der Waals surface area (Å²) in [5.41, 5.74) is 1.87. The fraction of sp³-hybridized carbons (Fsp3) is 0.0667. The van der Waals surface area contributed by atoms with Crippen LogP contribution in [0.5, 0.6) is 0 Å². The molecule has 0 atom stereocenters. The van der Waals surface area contributed by atoms with Crippen molar-refractivity contribution in [3.8, 4) is 6.07 Å². The van der Waals surface area contributed by atoms with Gasteiger partial charge >= 0.3 is 10.2 Å². The number of para-hydroxylation sites is 1. The van der Waals surface area contributed by atoms with Crippen molar-refractivity contribution < 1.29 is 13.2 Å². The number of hydrogen-bond donors (Lipinski definition) is 1. The Morgan fingerprint density at radius 1 is 1.09 bits per heavy atom. The van der Waals surface area contributed by atoms with Crippen molar-refractivity contribution in [3.63, 3.8) is 0 Å². The van der Waals surface area contributed by atoms with E-state index in [9.17, 15) is 13.2 Å². The first-order valence-corrected chi connectivity index (χ1v) is 7.88. The Labute approximate surface area is 127 Å². The molecular formula is C15H11N3O3S. The van der Waals surface area contributed by atoms with Gasteiger partial charge in [0.1, 0.15) is 0 Å². The Kier molecular flexibility index (Phi) is 3.31. The molecule has 1 aliphatic heterocycles.